The van der Waals surface area contributed by atoms with Crippen molar-refractivity contribution in [1.29, 1.82) is 0 Å². The molecule has 0 spiro atoms. The van der Waals surface area contributed by atoms with Crippen molar-refractivity contribution in [3.8, 4) is 5.75 Å². The molecule has 1 heterocycles. The van der Waals surface area contributed by atoms with Gasteiger partial charge in [-0.1, -0.05) is 12.1 Å². The van der Waals surface area contributed by atoms with Crippen molar-refractivity contribution >= 4 is 17.5 Å². The standard InChI is InChI=1S/C21H22N4O2/c1-14-13-15(2)24-21(23-14)25-18-7-5-17(6-8-18)20(27)22-12-11-16-3-9-19(26)10-4-16/h3-10,13,26H,11-12H2,1-2H3,(H,22,27)(H,23,24,25). The molecule has 1 amide bonds. The molecule has 138 valence electrons. The van der Waals surface area contributed by atoms with Crippen LogP contribution in [0.15, 0.2) is 54.6 Å². The van der Waals surface area contributed by atoms with E-state index in [1.807, 2.05) is 44.2 Å². The van der Waals surface area contributed by atoms with Crippen molar-refractivity contribution < 1.29 is 9.90 Å². The second-order valence-electron chi connectivity index (χ2n) is 6.35. The summed E-state index contributed by atoms with van der Waals surface area (Å²) in [6, 6.07) is 16.1. The van der Waals surface area contributed by atoms with Crippen LogP contribution in [0, 0.1) is 13.8 Å². The molecule has 27 heavy (non-hydrogen) atoms. The molecule has 1 aromatic heterocycles. The zero-order chi connectivity index (χ0) is 19.2. The fourth-order valence-electron chi connectivity index (χ4n) is 2.70. The van der Waals surface area contributed by atoms with Crippen LogP contribution in [0.3, 0.4) is 0 Å². The Labute approximate surface area is 158 Å². The summed E-state index contributed by atoms with van der Waals surface area (Å²) < 4.78 is 0. The van der Waals surface area contributed by atoms with Gasteiger partial charge in [0, 0.05) is 29.2 Å². The molecular weight excluding hydrogens is 340 g/mol. The van der Waals surface area contributed by atoms with E-state index < -0.39 is 0 Å². The zero-order valence-electron chi connectivity index (χ0n) is 15.4. The van der Waals surface area contributed by atoms with Crippen LogP contribution in [0.25, 0.3) is 0 Å². The predicted octanol–water partition coefficient (Wildman–Crippen LogP) is 3.52. The van der Waals surface area contributed by atoms with Crippen molar-refractivity contribution in [2.24, 2.45) is 0 Å². The lowest BCUT2D eigenvalue weighted by atomic mass is 10.1. The molecule has 6 heteroatoms. The van der Waals surface area contributed by atoms with E-state index in [0.717, 1.165) is 22.6 Å². The number of benzene rings is 2. The minimum Gasteiger partial charge on any atom is -0.508 e. The number of carbonyl (C=O) groups excluding carboxylic acids is 1. The van der Waals surface area contributed by atoms with Crippen LogP contribution in [0.4, 0.5) is 11.6 Å². The van der Waals surface area contributed by atoms with Crippen molar-refractivity contribution in [3.63, 3.8) is 0 Å². The van der Waals surface area contributed by atoms with E-state index in [1.54, 1.807) is 24.3 Å². The van der Waals surface area contributed by atoms with Crippen LogP contribution in [-0.2, 0) is 6.42 Å². The summed E-state index contributed by atoms with van der Waals surface area (Å²) in [5.41, 5.74) is 4.26. The number of anilines is 2. The van der Waals surface area contributed by atoms with Gasteiger partial charge in [-0.15, -0.1) is 0 Å². The van der Waals surface area contributed by atoms with Gasteiger partial charge in [0.2, 0.25) is 5.95 Å². The van der Waals surface area contributed by atoms with Gasteiger partial charge in [0.05, 0.1) is 0 Å². The highest BCUT2D eigenvalue weighted by Crippen LogP contribution is 2.15. The molecule has 3 N–H and O–H groups in total. The maximum atomic E-state index is 12.3. The number of hydrogen-bond acceptors (Lipinski definition) is 5. The number of aryl methyl sites for hydroxylation is 2. The Morgan fingerprint density at radius 3 is 2.22 bits per heavy atom. The summed E-state index contributed by atoms with van der Waals surface area (Å²) in [5, 5.41) is 15.3. The van der Waals surface area contributed by atoms with E-state index in [1.165, 1.54) is 0 Å². The van der Waals surface area contributed by atoms with Crippen molar-refractivity contribution in [2.45, 2.75) is 20.3 Å². The fraction of sp³-hybridized carbons (Fsp3) is 0.190. The molecular formula is C21H22N4O2. The van der Waals surface area contributed by atoms with Gasteiger partial charge in [0.1, 0.15) is 5.75 Å². The molecule has 0 saturated carbocycles. The van der Waals surface area contributed by atoms with Gasteiger partial charge < -0.3 is 15.7 Å². The third kappa shape index (κ3) is 5.28. The molecule has 0 aliphatic carbocycles. The minimum absolute atomic E-state index is 0.122. The first-order valence-electron chi connectivity index (χ1n) is 8.75. The van der Waals surface area contributed by atoms with Gasteiger partial charge in [0.15, 0.2) is 0 Å². The molecule has 0 atom stereocenters. The lowest BCUT2D eigenvalue weighted by molar-refractivity contribution is 0.0954. The number of rotatable bonds is 6. The average Bonchev–Trinajstić information content (AvgIpc) is 2.63. The van der Waals surface area contributed by atoms with Gasteiger partial charge in [-0.05, 0) is 68.3 Å². The second-order valence-corrected chi connectivity index (χ2v) is 6.35. The quantitative estimate of drug-likeness (QED) is 0.625. The van der Waals surface area contributed by atoms with Crippen LogP contribution in [0.1, 0.15) is 27.3 Å². The molecule has 3 aromatic rings. The lowest BCUT2D eigenvalue weighted by Crippen LogP contribution is -2.25. The van der Waals surface area contributed by atoms with Crippen LogP contribution >= 0.6 is 0 Å². The van der Waals surface area contributed by atoms with Crippen LogP contribution in [0.2, 0.25) is 0 Å². The second kappa shape index (κ2) is 8.31. The number of carbonyl (C=O) groups is 1. The third-order valence-electron chi connectivity index (χ3n) is 4.02. The summed E-state index contributed by atoms with van der Waals surface area (Å²) in [4.78, 5) is 20.9. The Morgan fingerprint density at radius 2 is 1.59 bits per heavy atom. The van der Waals surface area contributed by atoms with Gasteiger partial charge in [-0.3, -0.25) is 4.79 Å². The first-order chi connectivity index (χ1) is 13.0. The Hall–Kier alpha value is -3.41. The number of aromatic hydroxyl groups is 1. The van der Waals surface area contributed by atoms with Crippen molar-refractivity contribution in [3.05, 3.63) is 77.1 Å². The largest absolute Gasteiger partial charge is 0.508 e. The highest BCUT2D eigenvalue weighted by Gasteiger charge is 2.06. The van der Waals surface area contributed by atoms with Gasteiger partial charge in [0.25, 0.3) is 5.91 Å². The van der Waals surface area contributed by atoms with Crippen LogP contribution in [0.5, 0.6) is 5.75 Å². The van der Waals surface area contributed by atoms with E-state index in [4.69, 9.17) is 0 Å². The topological polar surface area (TPSA) is 87.1 Å². The fourth-order valence-corrected chi connectivity index (χ4v) is 2.70. The highest BCUT2D eigenvalue weighted by atomic mass is 16.3. The number of amides is 1. The first kappa shape index (κ1) is 18.4. The number of nitrogens with zero attached hydrogens (tertiary/aromatic N) is 2. The normalized spacial score (nSPS) is 10.4. The Balaban J connectivity index is 1.54. The van der Waals surface area contributed by atoms with E-state index in [0.29, 0.717) is 24.5 Å². The molecule has 0 fully saturated rings. The molecule has 0 saturated heterocycles. The minimum atomic E-state index is -0.122. The number of phenols is 1. The number of phenolic OH excluding ortho intramolecular Hbond substituents is 1. The smallest absolute Gasteiger partial charge is 0.251 e. The van der Waals surface area contributed by atoms with E-state index in [2.05, 4.69) is 20.6 Å². The number of aromatic nitrogens is 2. The Bertz CT molecular complexity index is 902. The highest BCUT2D eigenvalue weighted by molar-refractivity contribution is 5.94. The molecule has 0 unspecified atom stereocenters. The molecule has 2 aromatic carbocycles. The van der Waals surface area contributed by atoms with Crippen LogP contribution < -0.4 is 10.6 Å². The average molecular weight is 362 g/mol. The zero-order valence-corrected chi connectivity index (χ0v) is 15.4. The molecule has 0 bridgehead atoms. The van der Waals surface area contributed by atoms with Crippen molar-refractivity contribution in [2.75, 3.05) is 11.9 Å². The Kier molecular flexibility index (Phi) is 5.66. The Morgan fingerprint density at radius 1 is 0.963 bits per heavy atom. The maximum absolute atomic E-state index is 12.3. The SMILES string of the molecule is Cc1cc(C)nc(Nc2ccc(C(=O)NCCc3ccc(O)cc3)cc2)n1. The third-order valence-corrected chi connectivity index (χ3v) is 4.02. The predicted molar refractivity (Wildman–Crippen MR) is 105 cm³/mol. The summed E-state index contributed by atoms with van der Waals surface area (Å²) in [6.45, 7) is 4.37. The maximum Gasteiger partial charge on any atom is 0.251 e. The molecule has 0 radical (unpaired) electrons. The van der Waals surface area contributed by atoms with Crippen molar-refractivity contribution in [1.82, 2.24) is 15.3 Å². The van der Waals surface area contributed by atoms with Gasteiger partial charge in [-0.2, -0.15) is 0 Å². The first-order valence-corrected chi connectivity index (χ1v) is 8.75. The number of hydrogen-bond donors (Lipinski definition) is 3. The molecule has 6 nitrogen and oxygen atoms in total. The monoisotopic (exact) mass is 362 g/mol. The summed E-state index contributed by atoms with van der Waals surface area (Å²) in [7, 11) is 0. The summed E-state index contributed by atoms with van der Waals surface area (Å²) in [6.07, 6.45) is 0.704. The number of nitrogens with one attached hydrogen (secondary N) is 2. The van der Waals surface area contributed by atoms with E-state index >= 15 is 0 Å². The van der Waals surface area contributed by atoms with E-state index in [9.17, 15) is 9.90 Å². The lowest BCUT2D eigenvalue weighted by Gasteiger charge is -2.08. The molecule has 0 aliphatic heterocycles. The summed E-state index contributed by atoms with van der Waals surface area (Å²) >= 11 is 0. The van der Waals surface area contributed by atoms with Crippen LogP contribution in [-0.4, -0.2) is 27.5 Å². The molecule has 3 rings (SSSR count). The van der Waals surface area contributed by atoms with Gasteiger partial charge in [-0.25, -0.2) is 9.97 Å². The van der Waals surface area contributed by atoms with E-state index in [-0.39, 0.29) is 11.7 Å². The summed E-state index contributed by atoms with van der Waals surface area (Å²) in [5.74, 6) is 0.657. The molecule has 0 aliphatic rings. The van der Waals surface area contributed by atoms with Gasteiger partial charge >= 0.3 is 0 Å².